The molecule has 0 saturated carbocycles. The number of hydrogen-bond acceptors (Lipinski definition) is 6. The number of aliphatic hydroxyl groups is 1. The molecule has 2 aliphatic rings. The van der Waals surface area contributed by atoms with E-state index in [1.165, 1.54) is 30.6 Å². The molecule has 1 saturated heterocycles. The maximum atomic E-state index is 12.4. The second kappa shape index (κ2) is 6.57. The molecule has 1 amide bonds. The van der Waals surface area contributed by atoms with Gasteiger partial charge >= 0.3 is 0 Å². The maximum Gasteiger partial charge on any atom is 0.265 e. The second-order valence-corrected chi connectivity index (χ2v) is 8.42. The smallest absolute Gasteiger partial charge is 0.265 e. The topological polar surface area (TPSA) is 65.5 Å². The van der Waals surface area contributed by atoms with Crippen LogP contribution in [0.5, 0.6) is 0 Å². The third kappa shape index (κ3) is 3.18. The molecule has 3 heterocycles. The van der Waals surface area contributed by atoms with Crippen LogP contribution in [-0.2, 0) is 0 Å². The van der Waals surface area contributed by atoms with Crippen molar-refractivity contribution in [3.05, 3.63) is 34.6 Å². The largest absolute Gasteiger partial charge is 0.512 e. The Hall–Kier alpha value is -1.86. The number of thiazole rings is 1. The molecule has 2 aromatic heterocycles. The van der Waals surface area contributed by atoms with Crippen LogP contribution >= 0.6 is 22.7 Å². The Morgan fingerprint density at radius 3 is 2.71 bits per heavy atom. The van der Waals surface area contributed by atoms with Gasteiger partial charge in [-0.15, -0.1) is 11.3 Å². The van der Waals surface area contributed by atoms with E-state index in [2.05, 4.69) is 10.2 Å². The number of thiophene rings is 1. The average Bonchev–Trinajstić information content (AvgIpc) is 3.17. The van der Waals surface area contributed by atoms with Gasteiger partial charge in [-0.25, -0.2) is 4.98 Å². The van der Waals surface area contributed by atoms with Crippen LogP contribution in [0.2, 0.25) is 0 Å². The molecule has 0 bridgehead atoms. The number of rotatable bonds is 3. The summed E-state index contributed by atoms with van der Waals surface area (Å²) in [5, 5.41) is 13.4. The van der Waals surface area contributed by atoms with Crippen molar-refractivity contribution in [3.8, 4) is 0 Å². The monoisotopic (exact) mass is 361 g/mol. The third-order valence-corrected chi connectivity index (χ3v) is 6.68. The van der Waals surface area contributed by atoms with Crippen molar-refractivity contribution in [1.82, 2.24) is 10.3 Å². The number of carbonyl (C=O) groups is 1. The first-order valence-electron chi connectivity index (χ1n) is 8.24. The number of aliphatic hydroxyl groups excluding tert-OH is 1. The van der Waals surface area contributed by atoms with Gasteiger partial charge in [0, 0.05) is 25.2 Å². The lowest BCUT2D eigenvalue weighted by Gasteiger charge is -2.25. The SMILES string of the molecule is O=C(NC1=CC=C(O)CC1)c1cc2nc(N3CCCCC3)sc2s1. The number of allylic oxidation sites excluding steroid dienone is 4. The summed E-state index contributed by atoms with van der Waals surface area (Å²) in [7, 11) is 0. The summed E-state index contributed by atoms with van der Waals surface area (Å²) in [6, 6.07) is 1.88. The first-order valence-corrected chi connectivity index (χ1v) is 9.88. The molecule has 0 spiro atoms. The standard InChI is InChI=1S/C17H19N3O2S2/c21-12-6-4-11(5-7-12)18-15(22)14-10-13-16(23-14)24-17(19-13)20-8-2-1-3-9-20/h4,6,10,21H,1-3,5,7-9H2,(H,18,22). The van der Waals surface area contributed by atoms with E-state index in [1.54, 1.807) is 23.5 Å². The van der Waals surface area contributed by atoms with Crippen molar-refractivity contribution in [1.29, 1.82) is 0 Å². The van der Waals surface area contributed by atoms with Crippen LogP contribution in [0.25, 0.3) is 9.53 Å². The summed E-state index contributed by atoms with van der Waals surface area (Å²) in [4.78, 5) is 20.1. The van der Waals surface area contributed by atoms with Crippen molar-refractivity contribution in [3.63, 3.8) is 0 Å². The minimum Gasteiger partial charge on any atom is -0.512 e. The summed E-state index contributed by atoms with van der Waals surface area (Å²) in [6.07, 6.45) is 8.42. The molecule has 0 unspecified atom stereocenters. The van der Waals surface area contributed by atoms with Crippen LogP contribution in [0.15, 0.2) is 29.7 Å². The highest BCUT2D eigenvalue weighted by atomic mass is 32.2. The molecule has 24 heavy (non-hydrogen) atoms. The average molecular weight is 361 g/mol. The number of nitrogens with one attached hydrogen (secondary N) is 1. The quantitative estimate of drug-likeness (QED) is 0.860. The highest BCUT2D eigenvalue weighted by molar-refractivity contribution is 7.40. The van der Waals surface area contributed by atoms with Crippen LogP contribution in [0.1, 0.15) is 41.8 Å². The van der Waals surface area contributed by atoms with Crippen molar-refractivity contribution >= 4 is 43.2 Å². The fourth-order valence-electron chi connectivity index (χ4n) is 2.99. The fourth-order valence-corrected chi connectivity index (χ4v) is 5.21. The van der Waals surface area contributed by atoms with Gasteiger partial charge in [-0.3, -0.25) is 4.79 Å². The zero-order valence-corrected chi connectivity index (χ0v) is 14.9. The van der Waals surface area contributed by atoms with Gasteiger partial charge in [-0.2, -0.15) is 0 Å². The van der Waals surface area contributed by atoms with E-state index in [0.29, 0.717) is 23.5 Å². The van der Waals surface area contributed by atoms with Gasteiger partial charge in [0.25, 0.3) is 5.91 Å². The Balaban J connectivity index is 1.49. The Morgan fingerprint density at radius 1 is 1.17 bits per heavy atom. The first kappa shape index (κ1) is 15.7. The van der Waals surface area contributed by atoms with Crippen molar-refractivity contribution < 1.29 is 9.90 Å². The van der Waals surface area contributed by atoms with Crippen LogP contribution in [-0.4, -0.2) is 29.1 Å². The molecule has 1 aliphatic carbocycles. The Bertz CT molecular complexity index is 797. The van der Waals surface area contributed by atoms with Gasteiger partial charge in [-0.1, -0.05) is 11.3 Å². The lowest BCUT2D eigenvalue weighted by atomic mass is 10.1. The van der Waals surface area contributed by atoms with E-state index in [9.17, 15) is 9.90 Å². The Morgan fingerprint density at radius 2 is 2.00 bits per heavy atom. The van der Waals surface area contributed by atoms with E-state index in [1.807, 2.05) is 6.07 Å². The van der Waals surface area contributed by atoms with Crippen LogP contribution in [0.3, 0.4) is 0 Å². The molecule has 7 heteroatoms. The number of hydrogen-bond donors (Lipinski definition) is 2. The van der Waals surface area contributed by atoms with Crippen LogP contribution in [0, 0.1) is 0 Å². The summed E-state index contributed by atoms with van der Waals surface area (Å²) in [5.74, 6) is 0.268. The van der Waals surface area contributed by atoms with Crippen LogP contribution in [0.4, 0.5) is 5.13 Å². The van der Waals surface area contributed by atoms with E-state index >= 15 is 0 Å². The fraction of sp³-hybridized carbons (Fsp3) is 0.412. The number of carbonyl (C=O) groups excluding carboxylic acids is 1. The molecular weight excluding hydrogens is 342 g/mol. The minimum atomic E-state index is -0.0919. The van der Waals surface area contributed by atoms with E-state index in [0.717, 1.165) is 33.4 Å². The van der Waals surface area contributed by atoms with Gasteiger partial charge in [0.2, 0.25) is 0 Å². The number of anilines is 1. The van der Waals surface area contributed by atoms with Gasteiger partial charge in [0.05, 0.1) is 16.2 Å². The van der Waals surface area contributed by atoms with Crippen molar-refractivity contribution in [2.24, 2.45) is 0 Å². The predicted molar refractivity (Wildman–Crippen MR) is 99.1 cm³/mol. The molecule has 2 N–H and O–H groups in total. The lowest BCUT2D eigenvalue weighted by molar-refractivity contribution is 0.0968. The number of aromatic nitrogens is 1. The van der Waals surface area contributed by atoms with Gasteiger partial charge in [-0.05, 0) is 43.9 Å². The zero-order chi connectivity index (χ0) is 16.5. The molecule has 2 aromatic rings. The number of nitrogens with zero attached hydrogens (tertiary/aromatic N) is 2. The van der Waals surface area contributed by atoms with Crippen molar-refractivity contribution in [2.45, 2.75) is 32.1 Å². The number of amides is 1. The van der Waals surface area contributed by atoms with Gasteiger partial charge < -0.3 is 15.3 Å². The zero-order valence-electron chi connectivity index (χ0n) is 13.2. The normalized spacial score (nSPS) is 18.4. The maximum absolute atomic E-state index is 12.4. The van der Waals surface area contributed by atoms with E-state index in [4.69, 9.17) is 4.98 Å². The Kier molecular flexibility index (Phi) is 4.28. The molecule has 4 rings (SSSR count). The molecule has 0 aromatic carbocycles. The molecular formula is C17H19N3O2S2. The number of fused-ring (bicyclic) bond motifs is 1. The molecule has 1 fully saturated rings. The molecule has 1 aliphatic heterocycles. The van der Waals surface area contributed by atoms with Crippen LogP contribution < -0.4 is 10.2 Å². The summed E-state index contributed by atoms with van der Waals surface area (Å²) < 4.78 is 1.11. The van der Waals surface area contributed by atoms with Crippen molar-refractivity contribution in [2.75, 3.05) is 18.0 Å². The summed E-state index contributed by atoms with van der Waals surface area (Å²) in [5.41, 5.74) is 1.77. The predicted octanol–water partition coefficient (Wildman–Crippen LogP) is 4.20. The Labute approximate surface area is 148 Å². The van der Waals surface area contributed by atoms with Gasteiger partial charge in [0.1, 0.15) is 4.01 Å². The molecule has 126 valence electrons. The first-order chi connectivity index (χ1) is 11.7. The molecule has 0 atom stereocenters. The lowest BCUT2D eigenvalue weighted by Crippen LogP contribution is -2.29. The second-order valence-electron chi connectivity index (χ2n) is 6.13. The van der Waals surface area contributed by atoms with Gasteiger partial charge in [0.15, 0.2) is 5.13 Å². The highest BCUT2D eigenvalue weighted by Gasteiger charge is 2.19. The third-order valence-electron chi connectivity index (χ3n) is 4.33. The highest BCUT2D eigenvalue weighted by Crippen LogP contribution is 2.36. The van der Waals surface area contributed by atoms with E-state index < -0.39 is 0 Å². The van der Waals surface area contributed by atoms with E-state index in [-0.39, 0.29) is 5.91 Å². The molecule has 0 radical (unpaired) electrons. The summed E-state index contributed by atoms with van der Waals surface area (Å²) >= 11 is 3.19. The molecule has 5 nitrogen and oxygen atoms in total. The summed E-state index contributed by atoms with van der Waals surface area (Å²) in [6.45, 7) is 2.17. The number of piperidine rings is 1. The minimum absolute atomic E-state index is 0.0919.